The van der Waals surface area contributed by atoms with Crippen LogP contribution in [0.4, 0.5) is 0 Å². The summed E-state index contributed by atoms with van der Waals surface area (Å²) in [5.41, 5.74) is 6.88. The van der Waals surface area contributed by atoms with Crippen molar-refractivity contribution in [3.05, 3.63) is 35.4 Å². The zero-order valence-electron chi connectivity index (χ0n) is 9.56. The highest BCUT2D eigenvalue weighted by atomic mass is 32.1. The highest BCUT2D eigenvalue weighted by molar-refractivity contribution is 7.80. The third-order valence-electron chi connectivity index (χ3n) is 2.30. The van der Waals surface area contributed by atoms with Crippen LogP contribution in [0.5, 0.6) is 0 Å². The predicted octanol–water partition coefficient (Wildman–Crippen LogP) is 1.80. The van der Waals surface area contributed by atoms with Crippen molar-refractivity contribution < 1.29 is 4.79 Å². The van der Waals surface area contributed by atoms with Crippen LogP contribution in [-0.4, -0.2) is 29.4 Å². The third-order valence-corrected chi connectivity index (χ3v) is 2.54. The minimum absolute atomic E-state index is 0.0000463. The number of carbonyl (C=O) groups excluding carboxylic acids is 1. The Hall–Kier alpha value is -1.42. The number of rotatable bonds is 4. The lowest BCUT2D eigenvalue weighted by atomic mass is 10.1. The summed E-state index contributed by atoms with van der Waals surface area (Å²) in [6.45, 7) is 2.78. The molecule has 0 atom stereocenters. The molecule has 0 unspecified atom stereocenters. The molecule has 0 radical (unpaired) electrons. The Kier molecular flexibility index (Phi) is 4.43. The van der Waals surface area contributed by atoms with Crippen LogP contribution in [0.3, 0.4) is 0 Å². The van der Waals surface area contributed by atoms with Crippen LogP contribution in [-0.2, 0) is 0 Å². The molecule has 0 saturated carbocycles. The topological polar surface area (TPSA) is 46.3 Å². The minimum atomic E-state index is -0.0000463. The van der Waals surface area contributed by atoms with Crippen LogP contribution in [0.1, 0.15) is 29.3 Å². The third kappa shape index (κ3) is 3.03. The fourth-order valence-electron chi connectivity index (χ4n) is 1.46. The van der Waals surface area contributed by atoms with Gasteiger partial charge in [-0.25, -0.2) is 0 Å². The number of nitrogens with two attached hydrogens (primary N) is 1. The molecule has 0 bridgehead atoms. The van der Waals surface area contributed by atoms with Crippen molar-refractivity contribution in [1.29, 1.82) is 0 Å². The number of amides is 1. The van der Waals surface area contributed by atoms with Gasteiger partial charge in [0.25, 0.3) is 5.91 Å². The molecule has 3 nitrogen and oxygen atoms in total. The molecule has 0 spiro atoms. The van der Waals surface area contributed by atoms with Gasteiger partial charge in [-0.15, -0.1) is 0 Å². The average Bonchev–Trinajstić information content (AvgIpc) is 2.28. The molecule has 0 aliphatic heterocycles. The van der Waals surface area contributed by atoms with Crippen molar-refractivity contribution in [2.24, 2.45) is 5.73 Å². The summed E-state index contributed by atoms with van der Waals surface area (Å²) in [6, 6.07) is 7.10. The Morgan fingerprint density at radius 1 is 1.44 bits per heavy atom. The molecule has 0 fully saturated rings. The molecule has 0 aromatic heterocycles. The molecular weight excluding hydrogens is 220 g/mol. The second-order valence-corrected chi connectivity index (χ2v) is 4.11. The van der Waals surface area contributed by atoms with E-state index in [4.69, 9.17) is 18.0 Å². The number of benzene rings is 1. The fourth-order valence-corrected chi connectivity index (χ4v) is 1.59. The smallest absolute Gasteiger partial charge is 0.253 e. The van der Waals surface area contributed by atoms with Gasteiger partial charge in [0.2, 0.25) is 0 Å². The summed E-state index contributed by atoms with van der Waals surface area (Å²) < 4.78 is 0. The van der Waals surface area contributed by atoms with Gasteiger partial charge < -0.3 is 10.6 Å². The summed E-state index contributed by atoms with van der Waals surface area (Å²) in [4.78, 5) is 14.0. The van der Waals surface area contributed by atoms with Gasteiger partial charge in [0.15, 0.2) is 0 Å². The van der Waals surface area contributed by atoms with Gasteiger partial charge >= 0.3 is 0 Å². The molecule has 86 valence electrons. The number of nitrogens with zero attached hydrogens (tertiary/aromatic N) is 1. The van der Waals surface area contributed by atoms with Crippen molar-refractivity contribution in [2.75, 3.05) is 13.6 Å². The Bertz CT molecular complexity index is 404. The van der Waals surface area contributed by atoms with Crippen LogP contribution >= 0.6 is 12.2 Å². The Labute approximate surface area is 101 Å². The van der Waals surface area contributed by atoms with E-state index in [1.54, 1.807) is 36.2 Å². The standard InChI is InChI=1S/C12H16N2OS/c1-3-7-14(2)12(15)10-6-4-5-9(8-10)11(13)16/h4-6,8H,3,7H2,1-2H3,(H2,13,16). The highest BCUT2D eigenvalue weighted by Crippen LogP contribution is 2.08. The molecule has 1 amide bonds. The first-order valence-corrected chi connectivity index (χ1v) is 5.62. The van der Waals surface area contributed by atoms with E-state index in [1.807, 2.05) is 6.92 Å². The lowest BCUT2D eigenvalue weighted by Gasteiger charge is -2.16. The maximum absolute atomic E-state index is 12.0. The predicted molar refractivity (Wildman–Crippen MR) is 69.6 cm³/mol. The maximum atomic E-state index is 12.0. The second kappa shape index (κ2) is 5.61. The van der Waals surface area contributed by atoms with Gasteiger partial charge in [-0.2, -0.15) is 0 Å². The van der Waals surface area contributed by atoms with Crippen LogP contribution in [0.15, 0.2) is 24.3 Å². The average molecular weight is 236 g/mol. The van der Waals surface area contributed by atoms with E-state index < -0.39 is 0 Å². The van der Waals surface area contributed by atoms with E-state index in [-0.39, 0.29) is 5.91 Å². The monoisotopic (exact) mass is 236 g/mol. The van der Waals surface area contributed by atoms with Crippen LogP contribution in [0, 0.1) is 0 Å². The summed E-state index contributed by atoms with van der Waals surface area (Å²) in [7, 11) is 1.79. The summed E-state index contributed by atoms with van der Waals surface area (Å²) in [5, 5.41) is 0. The van der Waals surface area contributed by atoms with E-state index in [9.17, 15) is 4.79 Å². The van der Waals surface area contributed by atoms with E-state index in [0.717, 1.165) is 18.5 Å². The Morgan fingerprint density at radius 2 is 2.06 bits per heavy atom. The maximum Gasteiger partial charge on any atom is 0.253 e. The van der Waals surface area contributed by atoms with Crippen LogP contribution in [0.2, 0.25) is 0 Å². The van der Waals surface area contributed by atoms with Gasteiger partial charge in [0.1, 0.15) is 4.99 Å². The molecule has 0 heterocycles. The van der Waals surface area contributed by atoms with E-state index in [0.29, 0.717) is 10.6 Å². The van der Waals surface area contributed by atoms with Crippen LogP contribution in [0.25, 0.3) is 0 Å². The number of hydrogen-bond donors (Lipinski definition) is 1. The Morgan fingerprint density at radius 3 is 2.62 bits per heavy atom. The SMILES string of the molecule is CCCN(C)C(=O)c1cccc(C(N)=S)c1. The molecule has 0 aliphatic carbocycles. The van der Waals surface area contributed by atoms with Crippen molar-refractivity contribution in [3.63, 3.8) is 0 Å². The van der Waals surface area contributed by atoms with Crippen molar-refractivity contribution in [3.8, 4) is 0 Å². The fraction of sp³-hybridized carbons (Fsp3) is 0.333. The molecule has 1 aromatic rings. The van der Waals surface area contributed by atoms with Crippen molar-refractivity contribution >= 4 is 23.1 Å². The molecule has 4 heteroatoms. The van der Waals surface area contributed by atoms with E-state index in [1.165, 1.54) is 0 Å². The highest BCUT2D eigenvalue weighted by Gasteiger charge is 2.11. The van der Waals surface area contributed by atoms with Gasteiger partial charge in [0, 0.05) is 24.7 Å². The first kappa shape index (κ1) is 12.6. The van der Waals surface area contributed by atoms with E-state index >= 15 is 0 Å². The largest absolute Gasteiger partial charge is 0.389 e. The first-order chi connectivity index (χ1) is 7.56. The molecule has 1 rings (SSSR count). The van der Waals surface area contributed by atoms with E-state index in [2.05, 4.69) is 0 Å². The summed E-state index contributed by atoms with van der Waals surface area (Å²) in [6.07, 6.45) is 0.942. The van der Waals surface area contributed by atoms with Gasteiger partial charge in [-0.05, 0) is 18.6 Å². The number of carbonyl (C=O) groups is 1. The second-order valence-electron chi connectivity index (χ2n) is 3.67. The quantitative estimate of drug-likeness (QED) is 0.811. The lowest BCUT2D eigenvalue weighted by Crippen LogP contribution is -2.27. The van der Waals surface area contributed by atoms with Crippen LogP contribution < -0.4 is 5.73 Å². The van der Waals surface area contributed by atoms with Gasteiger partial charge in [-0.1, -0.05) is 31.3 Å². The summed E-state index contributed by atoms with van der Waals surface area (Å²) >= 11 is 4.88. The Balaban J connectivity index is 2.91. The van der Waals surface area contributed by atoms with Crippen molar-refractivity contribution in [1.82, 2.24) is 4.90 Å². The summed E-state index contributed by atoms with van der Waals surface area (Å²) in [5.74, 6) is -0.0000463. The van der Waals surface area contributed by atoms with Gasteiger partial charge in [-0.3, -0.25) is 4.79 Å². The number of thiocarbonyl (C=S) groups is 1. The normalized spacial score (nSPS) is 9.88. The minimum Gasteiger partial charge on any atom is -0.389 e. The molecule has 0 saturated heterocycles. The molecule has 1 aromatic carbocycles. The molecule has 16 heavy (non-hydrogen) atoms. The zero-order valence-corrected chi connectivity index (χ0v) is 10.4. The zero-order chi connectivity index (χ0) is 12.1. The lowest BCUT2D eigenvalue weighted by molar-refractivity contribution is 0.0795. The van der Waals surface area contributed by atoms with Crippen molar-refractivity contribution in [2.45, 2.75) is 13.3 Å². The first-order valence-electron chi connectivity index (χ1n) is 5.21. The molecular formula is C12H16N2OS. The van der Waals surface area contributed by atoms with Gasteiger partial charge in [0.05, 0.1) is 0 Å². The molecule has 0 aliphatic rings. The number of hydrogen-bond acceptors (Lipinski definition) is 2. The molecule has 2 N–H and O–H groups in total.